The SMILES string of the molecule is CCN(CC)CCC1CCOC12CN(S(=O)(=O)c1ccc(C)cc1)C2. The summed E-state index contributed by atoms with van der Waals surface area (Å²) in [4.78, 5) is 2.80. The van der Waals surface area contributed by atoms with Crippen molar-refractivity contribution in [2.24, 2.45) is 5.92 Å². The maximum atomic E-state index is 12.8. The molecule has 1 atom stereocenters. The summed E-state index contributed by atoms with van der Waals surface area (Å²) in [7, 11) is -3.40. The second kappa shape index (κ2) is 7.35. The van der Waals surface area contributed by atoms with Crippen LogP contribution in [0.5, 0.6) is 0 Å². The van der Waals surface area contributed by atoms with E-state index in [9.17, 15) is 8.42 Å². The fourth-order valence-corrected chi connectivity index (χ4v) is 5.56. The highest BCUT2D eigenvalue weighted by Gasteiger charge is 2.56. The summed E-state index contributed by atoms with van der Waals surface area (Å²) in [5, 5.41) is 0. The van der Waals surface area contributed by atoms with Gasteiger partial charge in [0.1, 0.15) is 0 Å². The van der Waals surface area contributed by atoms with E-state index in [0.717, 1.165) is 44.6 Å². The Hall–Kier alpha value is -0.950. The van der Waals surface area contributed by atoms with Crippen LogP contribution in [-0.4, -0.2) is 62.6 Å². The van der Waals surface area contributed by atoms with Crippen LogP contribution in [-0.2, 0) is 14.8 Å². The molecular formula is C19H30N2O3S. The lowest BCUT2D eigenvalue weighted by molar-refractivity contribution is -0.103. The van der Waals surface area contributed by atoms with Crippen LogP contribution in [0.2, 0.25) is 0 Å². The summed E-state index contributed by atoms with van der Waals surface area (Å²) in [6.07, 6.45) is 2.12. The van der Waals surface area contributed by atoms with E-state index in [0.29, 0.717) is 23.9 Å². The molecule has 3 rings (SSSR count). The molecule has 0 aromatic heterocycles. The average molecular weight is 367 g/mol. The van der Waals surface area contributed by atoms with Gasteiger partial charge in [-0.1, -0.05) is 31.5 Å². The van der Waals surface area contributed by atoms with E-state index >= 15 is 0 Å². The van der Waals surface area contributed by atoms with Gasteiger partial charge in [0.05, 0.1) is 10.5 Å². The van der Waals surface area contributed by atoms with Crippen LogP contribution < -0.4 is 0 Å². The Labute approximate surface area is 152 Å². The lowest BCUT2D eigenvalue weighted by Gasteiger charge is -2.49. The van der Waals surface area contributed by atoms with Crippen molar-refractivity contribution in [3.63, 3.8) is 0 Å². The van der Waals surface area contributed by atoms with Gasteiger partial charge in [-0.25, -0.2) is 8.42 Å². The topological polar surface area (TPSA) is 49.9 Å². The van der Waals surface area contributed by atoms with Crippen molar-refractivity contribution in [3.05, 3.63) is 29.8 Å². The first-order chi connectivity index (χ1) is 11.9. The lowest BCUT2D eigenvalue weighted by atomic mass is 9.80. The predicted molar refractivity (Wildman–Crippen MR) is 99.1 cm³/mol. The molecule has 2 heterocycles. The van der Waals surface area contributed by atoms with E-state index in [1.807, 2.05) is 19.1 Å². The van der Waals surface area contributed by atoms with Gasteiger partial charge in [-0.05, 0) is 57.5 Å². The van der Waals surface area contributed by atoms with Crippen molar-refractivity contribution >= 4 is 10.0 Å². The van der Waals surface area contributed by atoms with Crippen molar-refractivity contribution in [2.75, 3.05) is 39.3 Å². The lowest BCUT2D eigenvalue weighted by Crippen LogP contribution is -2.66. The molecule has 0 aliphatic carbocycles. The van der Waals surface area contributed by atoms with Crippen LogP contribution in [0.3, 0.4) is 0 Å². The van der Waals surface area contributed by atoms with E-state index in [1.54, 1.807) is 16.4 Å². The summed E-state index contributed by atoms with van der Waals surface area (Å²) in [5.74, 6) is 0.456. The number of benzene rings is 1. The normalized spacial score (nSPS) is 23.3. The molecule has 1 spiro atoms. The van der Waals surface area contributed by atoms with Crippen molar-refractivity contribution < 1.29 is 13.2 Å². The van der Waals surface area contributed by atoms with Gasteiger partial charge in [0.15, 0.2) is 0 Å². The molecule has 1 unspecified atom stereocenters. The van der Waals surface area contributed by atoms with E-state index < -0.39 is 10.0 Å². The van der Waals surface area contributed by atoms with Gasteiger partial charge >= 0.3 is 0 Å². The summed E-state index contributed by atoms with van der Waals surface area (Å²) >= 11 is 0. The molecule has 0 bridgehead atoms. The number of hydrogen-bond donors (Lipinski definition) is 0. The van der Waals surface area contributed by atoms with Gasteiger partial charge in [-0.2, -0.15) is 4.31 Å². The Morgan fingerprint density at radius 3 is 2.44 bits per heavy atom. The van der Waals surface area contributed by atoms with Crippen LogP contribution >= 0.6 is 0 Å². The first kappa shape index (κ1) is 18.8. The molecule has 1 aromatic carbocycles. The molecule has 1 aromatic rings. The third-order valence-electron chi connectivity index (χ3n) is 5.83. The van der Waals surface area contributed by atoms with Gasteiger partial charge in [0.25, 0.3) is 0 Å². The van der Waals surface area contributed by atoms with Crippen molar-refractivity contribution in [1.29, 1.82) is 0 Å². The third-order valence-corrected chi connectivity index (χ3v) is 7.64. The second-order valence-electron chi connectivity index (χ2n) is 7.30. The van der Waals surface area contributed by atoms with E-state index in [-0.39, 0.29) is 5.60 Å². The second-order valence-corrected chi connectivity index (χ2v) is 9.24. The Morgan fingerprint density at radius 1 is 1.20 bits per heavy atom. The first-order valence-corrected chi connectivity index (χ1v) is 10.8. The largest absolute Gasteiger partial charge is 0.372 e. The molecule has 5 nitrogen and oxygen atoms in total. The fourth-order valence-electron chi connectivity index (χ4n) is 4.00. The Kier molecular flexibility index (Phi) is 5.54. The molecule has 140 valence electrons. The van der Waals surface area contributed by atoms with Crippen LogP contribution in [0.4, 0.5) is 0 Å². The highest BCUT2D eigenvalue weighted by atomic mass is 32.2. The molecule has 0 radical (unpaired) electrons. The van der Waals surface area contributed by atoms with E-state index in [2.05, 4.69) is 18.7 Å². The zero-order chi connectivity index (χ0) is 18.1. The Morgan fingerprint density at radius 2 is 1.84 bits per heavy atom. The highest BCUT2D eigenvalue weighted by Crippen LogP contribution is 2.43. The summed E-state index contributed by atoms with van der Waals surface area (Å²) in [6, 6.07) is 7.09. The number of rotatable bonds is 7. The third kappa shape index (κ3) is 3.63. The van der Waals surface area contributed by atoms with Gasteiger partial charge in [-0.3, -0.25) is 0 Å². The van der Waals surface area contributed by atoms with Crippen LogP contribution in [0, 0.1) is 12.8 Å². The molecule has 0 saturated carbocycles. The maximum Gasteiger partial charge on any atom is 0.243 e. The predicted octanol–water partition coefficient (Wildman–Crippen LogP) is 2.51. The molecule has 0 amide bonds. The van der Waals surface area contributed by atoms with Crippen molar-refractivity contribution in [2.45, 2.75) is 44.1 Å². The van der Waals surface area contributed by atoms with E-state index in [4.69, 9.17) is 4.74 Å². The molecule has 2 aliphatic rings. The number of hydrogen-bond acceptors (Lipinski definition) is 4. The molecule has 2 saturated heterocycles. The summed E-state index contributed by atoms with van der Waals surface area (Å²) in [6.45, 7) is 11.2. The molecule has 6 heteroatoms. The van der Waals surface area contributed by atoms with Crippen LogP contribution in [0.15, 0.2) is 29.2 Å². The smallest absolute Gasteiger partial charge is 0.243 e. The molecule has 25 heavy (non-hydrogen) atoms. The zero-order valence-corrected chi connectivity index (χ0v) is 16.4. The van der Waals surface area contributed by atoms with Crippen LogP contribution in [0.1, 0.15) is 32.3 Å². The van der Waals surface area contributed by atoms with Crippen molar-refractivity contribution in [1.82, 2.24) is 9.21 Å². The number of nitrogens with zero attached hydrogens (tertiary/aromatic N) is 2. The molecular weight excluding hydrogens is 336 g/mol. The minimum Gasteiger partial charge on any atom is -0.372 e. The van der Waals surface area contributed by atoms with Crippen LogP contribution in [0.25, 0.3) is 0 Å². The average Bonchev–Trinajstić information content (AvgIpc) is 2.99. The van der Waals surface area contributed by atoms with Gasteiger partial charge in [0.2, 0.25) is 10.0 Å². The molecule has 2 fully saturated rings. The first-order valence-electron chi connectivity index (χ1n) is 9.34. The minimum atomic E-state index is -3.40. The van der Waals surface area contributed by atoms with Gasteiger partial charge < -0.3 is 9.64 Å². The standard InChI is InChI=1S/C19H30N2O3S/c1-4-20(5-2)12-10-17-11-13-24-19(17)14-21(15-19)25(22,23)18-8-6-16(3)7-9-18/h6-9,17H,4-5,10-15H2,1-3H3. The Balaban J connectivity index is 1.64. The monoisotopic (exact) mass is 366 g/mol. The summed E-state index contributed by atoms with van der Waals surface area (Å²) in [5.41, 5.74) is 0.805. The van der Waals surface area contributed by atoms with Gasteiger partial charge in [0, 0.05) is 19.7 Å². The van der Waals surface area contributed by atoms with E-state index in [1.165, 1.54) is 0 Å². The number of sulfonamides is 1. The molecule has 2 aliphatic heterocycles. The van der Waals surface area contributed by atoms with Crippen molar-refractivity contribution in [3.8, 4) is 0 Å². The number of ether oxygens (including phenoxy) is 1. The maximum absolute atomic E-state index is 12.8. The highest BCUT2D eigenvalue weighted by molar-refractivity contribution is 7.89. The summed E-state index contributed by atoms with van der Waals surface area (Å²) < 4.78 is 33.2. The van der Waals surface area contributed by atoms with Gasteiger partial charge in [-0.15, -0.1) is 0 Å². The minimum absolute atomic E-state index is 0.259. The zero-order valence-electron chi connectivity index (χ0n) is 15.6. The number of aryl methyl sites for hydroxylation is 1. The molecule has 0 N–H and O–H groups in total. The Bertz CT molecular complexity index is 677. The fraction of sp³-hybridized carbons (Fsp3) is 0.684. The quantitative estimate of drug-likeness (QED) is 0.744.